The fourth-order valence-electron chi connectivity index (χ4n) is 1.29. The second-order valence-electron chi connectivity index (χ2n) is 2.53. The van der Waals surface area contributed by atoms with Crippen molar-refractivity contribution in [3.8, 4) is 6.07 Å². The van der Waals surface area contributed by atoms with Crippen molar-refractivity contribution < 1.29 is 9.90 Å². The molecule has 0 saturated carbocycles. The minimum absolute atomic E-state index is 0.311. The van der Waals surface area contributed by atoms with Gasteiger partial charge >= 0.3 is 0 Å². The van der Waals surface area contributed by atoms with Crippen LogP contribution in [-0.2, 0) is 4.79 Å². The van der Waals surface area contributed by atoms with Crippen molar-refractivity contribution in [2.75, 3.05) is 13.2 Å². The molecule has 4 heteroatoms. The van der Waals surface area contributed by atoms with Gasteiger partial charge in [0.2, 0.25) is 5.91 Å². The SMILES string of the molecule is N#CC1CCCN1C(=O)CO. The van der Waals surface area contributed by atoms with Crippen LogP contribution in [0.25, 0.3) is 0 Å². The lowest BCUT2D eigenvalue weighted by Gasteiger charge is -2.17. The quantitative estimate of drug-likeness (QED) is 0.553. The molecule has 0 aliphatic carbocycles. The molecular formula is C7H10N2O2. The van der Waals surface area contributed by atoms with Gasteiger partial charge in [-0.25, -0.2) is 0 Å². The highest BCUT2D eigenvalue weighted by Crippen LogP contribution is 2.15. The second-order valence-corrected chi connectivity index (χ2v) is 2.53. The van der Waals surface area contributed by atoms with Crippen LogP contribution in [0.3, 0.4) is 0 Å². The number of hydrogen-bond donors (Lipinski definition) is 1. The minimum atomic E-state index is -0.488. The Morgan fingerprint density at radius 3 is 3.09 bits per heavy atom. The highest BCUT2D eigenvalue weighted by Gasteiger charge is 2.27. The van der Waals surface area contributed by atoms with Gasteiger partial charge < -0.3 is 10.0 Å². The summed E-state index contributed by atoms with van der Waals surface area (Å²) in [6.07, 6.45) is 1.60. The molecule has 1 aliphatic rings. The molecule has 1 fully saturated rings. The number of likely N-dealkylation sites (tertiary alicyclic amines) is 1. The summed E-state index contributed by atoms with van der Waals surface area (Å²) in [6.45, 7) is 0.121. The van der Waals surface area contributed by atoms with Gasteiger partial charge in [0.25, 0.3) is 0 Å². The number of carbonyl (C=O) groups is 1. The number of hydrogen-bond acceptors (Lipinski definition) is 3. The maximum Gasteiger partial charge on any atom is 0.249 e. The summed E-state index contributed by atoms with van der Waals surface area (Å²) in [5.41, 5.74) is 0. The van der Waals surface area contributed by atoms with Crippen LogP contribution in [0, 0.1) is 11.3 Å². The third-order valence-corrected chi connectivity index (χ3v) is 1.86. The van der Waals surface area contributed by atoms with Crippen molar-refractivity contribution in [3.05, 3.63) is 0 Å². The first-order valence-corrected chi connectivity index (χ1v) is 3.59. The molecule has 1 unspecified atom stereocenters. The number of aliphatic hydroxyl groups is 1. The van der Waals surface area contributed by atoms with Crippen LogP contribution < -0.4 is 0 Å². The van der Waals surface area contributed by atoms with E-state index in [2.05, 4.69) is 0 Å². The predicted molar refractivity (Wildman–Crippen MR) is 37.4 cm³/mol. The lowest BCUT2D eigenvalue weighted by Crippen LogP contribution is -2.36. The fourth-order valence-corrected chi connectivity index (χ4v) is 1.29. The molecule has 0 aromatic heterocycles. The Bertz CT molecular complexity index is 197. The van der Waals surface area contributed by atoms with Gasteiger partial charge in [0.05, 0.1) is 6.07 Å². The molecular weight excluding hydrogens is 144 g/mol. The smallest absolute Gasteiger partial charge is 0.249 e. The average Bonchev–Trinajstić information content (AvgIpc) is 2.50. The van der Waals surface area contributed by atoms with Gasteiger partial charge in [0.1, 0.15) is 12.6 Å². The highest BCUT2D eigenvalue weighted by atomic mass is 16.3. The van der Waals surface area contributed by atoms with Crippen LogP contribution in [-0.4, -0.2) is 35.1 Å². The number of carbonyl (C=O) groups excluding carboxylic acids is 1. The van der Waals surface area contributed by atoms with Crippen LogP contribution >= 0.6 is 0 Å². The van der Waals surface area contributed by atoms with E-state index in [0.29, 0.717) is 6.54 Å². The van der Waals surface area contributed by atoms with Crippen molar-refractivity contribution in [1.29, 1.82) is 5.26 Å². The minimum Gasteiger partial charge on any atom is -0.387 e. The van der Waals surface area contributed by atoms with Crippen molar-refractivity contribution in [1.82, 2.24) is 4.90 Å². The first-order chi connectivity index (χ1) is 5.29. The number of nitriles is 1. The molecule has 0 spiro atoms. The summed E-state index contributed by atoms with van der Waals surface area (Å²) < 4.78 is 0. The molecule has 1 aliphatic heterocycles. The summed E-state index contributed by atoms with van der Waals surface area (Å²) in [5, 5.41) is 17.1. The first-order valence-electron chi connectivity index (χ1n) is 3.59. The molecule has 1 N–H and O–H groups in total. The summed E-state index contributed by atoms with van der Waals surface area (Å²) >= 11 is 0. The van der Waals surface area contributed by atoms with Gasteiger partial charge in [-0.15, -0.1) is 0 Å². The van der Waals surface area contributed by atoms with E-state index in [-0.39, 0.29) is 11.9 Å². The van der Waals surface area contributed by atoms with Crippen LogP contribution in [0.15, 0.2) is 0 Å². The van der Waals surface area contributed by atoms with Crippen molar-refractivity contribution in [3.63, 3.8) is 0 Å². The topological polar surface area (TPSA) is 64.3 Å². The van der Waals surface area contributed by atoms with E-state index in [4.69, 9.17) is 10.4 Å². The number of nitrogens with zero attached hydrogens (tertiary/aromatic N) is 2. The van der Waals surface area contributed by atoms with Gasteiger partial charge in [-0.1, -0.05) is 0 Å². The Kier molecular flexibility index (Phi) is 2.44. The second kappa shape index (κ2) is 3.35. The molecule has 1 saturated heterocycles. The largest absolute Gasteiger partial charge is 0.387 e. The van der Waals surface area contributed by atoms with Crippen LogP contribution in [0.5, 0.6) is 0 Å². The molecule has 1 heterocycles. The van der Waals surface area contributed by atoms with Crippen molar-refractivity contribution in [2.45, 2.75) is 18.9 Å². The normalized spacial score (nSPS) is 23.3. The highest BCUT2D eigenvalue weighted by molar-refractivity contribution is 5.78. The average molecular weight is 154 g/mol. The maximum absolute atomic E-state index is 10.9. The van der Waals surface area contributed by atoms with Crippen molar-refractivity contribution in [2.24, 2.45) is 0 Å². The molecule has 1 atom stereocenters. The molecule has 0 radical (unpaired) electrons. The van der Waals surface area contributed by atoms with Gasteiger partial charge in [0, 0.05) is 6.54 Å². The standard InChI is InChI=1S/C7H10N2O2/c8-4-6-2-1-3-9(6)7(11)5-10/h6,10H,1-3,5H2. The Morgan fingerprint density at radius 2 is 2.55 bits per heavy atom. The van der Waals surface area contributed by atoms with Crippen LogP contribution in [0.2, 0.25) is 0 Å². The summed E-state index contributed by atoms with van der Waals surface area (Å²) in [4.78, 5) is 12.3. The molecule has 60 valence electrons. The molecule has 0 aromatic rings. The van der Waals surface area contributed by atoms with Crippen LogP contribution in [0.4, 0.5) is 0 Å². The lowest BCUT2D eigenvalue weighted by atomic mass is 10.2. The Balaban J connectivity index is 2.58. The number of aliphatic hydroxyl groups excluding tert-OH is 1. The summed E-state index contributed by atoms with van der Waals surface area (Å²) in [7, 11) is 0. The molecule has 0 bridgehead atoms. The number of rotatable bonds is 1. The fraction of sp³-hybridized carbons (Fsp3) is 0.714. The van der Waals surface area contributed by atoms with E-state index in [0.717, 1.165) is 12.8 Å². The summed E-state index contributed by atoms with van der Waals surface area (Å²) in [5.74, 6) is -0.339. The van der Waals surface area contributed by atoms with Gasteiger partial charge in [0.15, 0.2) is 0 Å². The van der Waals surface area contributed by atoms with E-state index in [9.17, 15) is 4.79 Å². The molecule has 1 amide bonds. The third kappa shape index (κ3) is 1.49. The predicted octanol–water partition coefficient (Wildman–Crippen LogP) is -0.507. The third-order valence-electron chi connectivity index (χ3n) is 1.86. The first kappa shape index (κ1) is 8.02. The zero-order chi connectivity index (χ0) is 8.27. The zero-order valence-corrected chi connectivity index (χ0v) is 6.16. The monoisotopic (exact) mass is 154 g/mol. The van der Waals surface area contributed by atoms with E-state index in [1.54, 1.807) is 0 Å². The molecule has 4 nitrogen and oxygen atoms in total. The van der Waals surface area contributed by atoms with Crippen LogP contribution in [0.1, 0.15) is 12.8 Å². The summed E-state index contributed by atoms with van der Waals surface area (Å²) in [6, 6.07) is 1.71. The molecule has 11 heavy (non-hydrogen) atoms. The lowest BCUT2D eigenvalue weighted by molar-refractivity contribution is -0.134. The van der Waals surface area contributed by atoms with E-state index >= 15 is 0 Å². The Morgan fingerprint density at radius 1 is 1.82 bits per heavy atom. The van der Waals surface area contributed by atoms with Crippen molar-refractivity contribution >= 4 is 5.91 Å². The van der Waals surface area contributed by atoms with Gasteiger partial charge in [-0.3, -0.25) is 4.79 Å². The van der Waals surface area contributed by atoms with E-state index in [1.165, 1.54) is 4.90 Å². The van der Waals surface area contributed by atoms with Gasteiger partial charge in [-0.2, -0.15) is 5.26 Å². The maximum atomic E-state index is 10.9. The Hall–Kier alpha value is -1.08. The van der Waals surface area contributed by atoms with E-state index in [1.807, 2.05) is 6.07 Å². The Labute approximate surface area is 65.0 Å². The molecule has 1 rings (SSSR count). The number of amides is 1. The van der Waals surface area contributed by atoms with Gasteiger partial charge in [-0.05, 0) is 12.8 Å². The van der Waals surface area contributed by atoms with E-state index < -0.39 is 6.61 Å². The zero-order valence-electron chi connectivity index (χ0n) is 6.16. The molecule has 0 aromatic carbocycles.